The van der Waals surface area contributed by atoms with Gasteiger partial charge in [-0.3, -0.25) is 4.81 Å². The maximum absolute atomic E-state index is 2.49. The summed E-state index contributed by atoms with van der Waals surface area (Å²) in [6, 6.07) is 20.2. The van der Waals surface area contributed by atoms with Crippen molar-refractivity contribution in [2.24, 2.45) is 18.4 Å². The van der Waals surface area contributed by atoms with Crippen molar-refractivity contribution in [1.29, 1.82) is 0 Å². The van der Waals surface area contributed by atoms with Gasteiger partial charge in [0.2, 0.25) is 0 Å². The normalized spacial score (nSPS) is 14.3. The second-order valence-corrected chi connectivity index (χ2v) is 10.2. The lowest BCUT2D eigenvalue weighted by Crippen LogP contribution is -2.52. The number of para-hydroxylation sites is 1. The maximum Gasteiger partial charge on any atom is 0.409 e. The quantitative estimate of drug-likeness (QED) is 0.412. The van der Waals surface area contributed by atoms with Gasteiger partial charge < -0.3 is 0 Å². The Balaban J connectivity index is 1.97. The third kappa shape index (κ3) is 3.55. The number of rotatable bonds is 3. The maximum atomic E-state index is 2.49. The molecule has 3 aromatic rings. The molecule has 2 aromatic carbocycles. The van der Waals surface area contributed by atoms with Crippen molar-refractivity contribution in [3.05, 3.63) is 71.9 Å². The average molecular weight is 397 g/mol. The largest absolute Gasteiger partial charge is 0.409 e. The topological polar surface area (TPSA) is 7.12 Å². The summed E-state index contributed by atoms with van der Waals surface area (Å²) >= 11 is 0. The number of fused-ring (bicyclic) bond motifs is 2. The van der Waals surface area contributed by atoms with Crippen LogP contribution in [0.2, 0.25) is 6.82 Å². The Morgan fingerprint density at radius 1 is 1.00 bits per heavy atom. The molecule has 0 aliphatic carbocycles. The third-order valence-electron chi connectivity index (χ3n) is 6.35. The molecule has 1 aliphatic rings. The first-order valence-electron chi connectivity index (χ1n) is 11.2. The Morgan fingerprint density at radius 2 is 1.67 bits per heavy atom. The Bertz CT molecular complexity index is 1120. The summed E-state index contributed by atoms with van der Waals surface area (Å²) in [6.45, 7) is 14.2. The molecule has 3 heteroatoms. The van der Waals surface area contributed by atoms with E-state index in [1.807, 2.05) is 0 Å². The molecule has 1 aliphatic heterocycles. The fraction of sp³-hybridized carbons (Fsp3) is 0.370. The number of hydrogen-bond donors (Lipinski definition) is 0. The molecular formula is C27H34BN2+. The second-order valence-electron chi connectivity index (χ2n) is 10.2. The van der Waals surface area contributed by atoms with Crippen molar-refractivity contribution in [2.45, 2.75) is 47.9 Å². The SMILES string of the molecule is CB1c2ccccc2C(C(C)(C)C)=CN1c1cc(CC(C)C)c2ccccc2[n+]1C. The molecule has 0 bridgehead atoms. The van der Waals surface area contributed by atoms with Crippen molar-refractivity contribution in [3.8, 4) is 0 Å². The van der Waals surface area contributed by atoms with E-state index in [1.165, 1.54) is 38.9 Å². The molecule has 2 nitrogen and oxygen atoms in total. The van der Waals surface area contributed by atoms with Crippen LogP contribution in [0.3, 0.4) is 0 Å². The van der Waals surface area contributed by atoms with E-state index >= 15 is 0 Å². The highest BCUT2D eigenvalue weighted by atomic mass is 15.2. The van der Waals surface area contributed by atoms with Crippen LogP contribution in [-0.4, -0.2) is 6.85 Å². The zero-order valence-corrected chi connectivity index (χ0v) is 19.5. The fourth-order valence-electron chi connectivity index (χ4n) is 4.79. The average Bonchev–Trinajstić information content (AvgIpc) is 2.70. The van der Waals surface area contributed by atoms with E-state index in [1.54, 1.807) is 0 Å². The van der Waals surface area contributed by atoms with Gasteiger partial charge in [-0.05, 0) is 47.2 Å². The van der Waals surface area contributed by atoms with Crippen molar-refractivity contribution >= 4 is 34.6 Å². The minimum atomic E-state index is 0.0741. The standard InChI is InChI=1S/C27H34BN2/c1-19(2)16-20-17-26(29(7)25-15-11-9-12-21(20)25)30-18-23(27(3,4)5)22-13-8-10-14-24(22)28(30)6/h8-15,17-19H,16H2,1-7H3/q+1. The second kappa shape index (κ2) is 7.61. The number of aryl methyl sites for hydroxylation is 1. The predicted octanol–water partition coefficient (Wildman–Crippen LogP) is 5.60. The van der Waals surface area contributed by atoms with Gasteiger partial charge >= 0.3 is 6.85 Å². The van der Waals surface area contributed by atoms with Gasteiger partial charge in [0.25, 0.3) is 5.82 Å². The lowest BCUT2D eigenvalue weighted by Gasteiger charge is -2.33. The lowest BCUT2D eigenvalue weighted by atomic mass is 9.52. The van der Waals surface area contributed by atoms with E-state index in [-0.39, 0.29) is 12.3 Å². The van der Waals surface area contributed by atoms with Gasteiger partial charge in [-0.25, -0.2) is 4.57 Å². The first kappa shape index (κ1) is 20.7. The molecular weight excluding hydrogens is 363 g/mol. The molecule has 2 heterocycles. The molecule has 0 spiro atoms. The van der Waals surface area contributed by atoms with E-state index in [2.05, 4.69) is 119 Å². The molecule has 0 saturated heterocycles. The number of allylic oxidation sites excluding steroid dienone is 1. The van der Waals surface area contributed by atoms with Gasteiger partial charge in [0.05, 0.1) is 13.2 Å². The van der Waals surface area contributed by atoms with E-state index in [9.17, 15) is 0 Å². The monoisotopic (exact) mass is 397 g/mol. The number of hydrogen-bond acceptors (Lipinski definition) is 1. The van der Waals surface area contributed by atoms with Crippen LogP contribution in [0.4, 0.5) is 5.82 Å². The Labute approximate surface area is 182 Å². The molecule has 0 radical (unpaired) electrons. The molecule has 0 fully saturated rings. The fourth-order valence-corrected chi connectivity index (χ4v) is 4.79. The Hall–Kier alpha value is -2.55. The Kier molecular flexibility index (Phi) is 5.26. The molecule has 0 amide bonds. The molecule has 154 valence electrons. The van der Waals surface area contributed by atoms with Crippen molar-refractivity contribution < 1.29 is 4.57 Å². The summed E-state index contributed by atoms with van der Waals surface area (Å²) in [6.07, 6.45) is 3.49. The zero-order valence-electron chi connectivity index (χ0n) is 19.5. The first-order valence-corrected chi connectivity index (χ1v) is 11.2. The van der Waals surface area contributed by atoms with Crippen LogP contribution >= 0.6 is 0 Å². The van der Waals surface area contributed by atoms with Gasteiger partial charge in [0.15, 0.2) is 0 Å². The molecule has 0 atom stereocenters. The van der Waals surface area contributed by atoms with Crippen molar-refractivity contribution in [3.63, 3.8) is 0 Å². The predicted molar refractivity (Wildman–Crippen MR) is 131 cm³/mol. The van der Waals surface area contributed by atoms with Gasteiger partial charge in [0, 0.05) is 17.0 Å². The molecule has 0 N–H and O–H groups in total. The van der Waals surface area contributed by atoms with E-state index in [0.29, 0.717) is 5.92 Å². The lowest BCUT2D eigenvalue weighted by molar-refractivity contribution is -0.631. The number of aromatic nitrogens is 1. The highest BCUT2D eigenvalue weighted by molar-refractivity contribution is 6.77. The van der Waals surface area contributed by atoms with Crippen LogP contribution in [-0.2, 0) is 13.5 Å². The molecule has 4 rings (SSSR count). The summed E-state index contributed by atoms with van der Waals surface area (Å²) in [4.78, 5) is 2.49. The summed E-state index contributed by atoms with van der Waals surface area (Å²) in [5.41, 5.74) is 7.00. The number of benzene rings is 2. The summed E-state index contributed by atoms with van der Waals surface area (Å²) in [5, 5.41) is 1.36. The first-order chi connectivity index (χ1) is 14.2. The smallest absolute Gasteiger partial charge is 0.293 e. The van der Waals surface area contributed by atoms with Crippen LogP contribution in [0.25, 0.3) is 16.5 Å². The van der Waals surface area contributed by atoms with Gasteiger partial charge in [-0.15, -0.1) is 0 Å². The van der Waals surface area contributed by atoms with Crippen LogP contribution in [0.5, 0.6) is 0 Å². The van der Waals surface area contributed by atoms with Crippen LogP contribution in [0.1, 0.15) is 45.7 Å². The number of nitrogens with zero attached hydrogens (tertiary/aromatic N) is 2. The summed E-state index contributed by atoms with van der Waals surface area (Å²) in [5.74, 6) is 1.88. The molecule has 1 aromatic heterocycles. The number of anilines is 1. The van der Waals surface area contributed by atoms with Crippen LogP contribution in [0.15, 0.2) is 60.8 Å². The molecule has 0 saturated carbocycles. The Morgan fingerprint density at radius 3 is 2.37 bits per heavy atom. The minimum Gasteiger partial charge on any atom is -0.293 e. The molecule has 0 unspecified atom stereocenters. The zero-order chi connectivity index (χ0) is 21.6. The van der Waals surface area contributed by atoms with Gasteiger partial charge in [0.1, 0.15) is 5.52 Å². The van der Waals surface area contributed by atoms with Crippen LogP contribution in [0, 0.1) is 11.3 Å². The van der Waals surface area contributed by atoms with Gasteiger partial charge in [-0.1, -0.05) is 77.1 Å². The van der Waals surface area contributed by atoms with Gasteiger partial charge in [-0.2, -0.15) is 0 Å². The summed E-state index contributed by atoms with van der Waals surface area (Å²) < 4.78 is 2.36. The molecule has 30 heavy (non-hydrogen) atoms. The minimum absolute atomic E-state index is 0.0741. The van der Waals surface area contributed by atoms with E-state index in [4.69, 9.17) is 0 Å². The van der Waals surface area contributed by atoms with E-state index < -0.39 is 0 Å². The summed E-state index contributed by atoms with van der Waals surface area (Å²) in [7, 11) is 2.20. The highest BCUT2D eigenvalue weighted by Crippen LogP contribution is 2.37. The van der Waals surface area contributed by atoms with Crippen molar-refractivity contribution in [1.82, 2.24) is 0 Å². The van der Waals surface area contributed by atoms with E-state index in [0.717, 1.165) is 6.42 Å². The highest BCUT2D eigenvalue weighted by Gasteiger charge is 2.39. The number of pyridine rings is 1. The third-order valence-corrected chi connectivity index (χ3v) is 6.35. The van der Waals surface area contributed by atoms with Crippen LogP contribution < -0.4 is 14.8 Å². The van der Waals surface area contributed by atoms with Crippen molar-refractivity contribution in [2.75, 3.05) is 4.81 Å².